The summed E-state index contributed by atoms with van der Waals surface area (Å²) < 4.78 is 36.2. The van der Waals surface area contributed by atoms with Crippen LogP contribution in [0.3, 0.4) is 0 Å². The number of thioether (sulfide) groups is 1. The van der Waals surface area contributed by atoms with Crippen LogP contribution < -0.4 is 272 Å². The number of unbranched alkanes of at least 4 members (excludes halogenated alkanes) is 2. The van der Waals surface area contributed by atoms with Gasteiger partial charge in [-0.3, -0.25) is 33.6 Å². The van der Waals surface area contributed by atoms with Crippen molar-refractivity contribution in [2.24, 2.45) is 0 Å². The Balaban J connectivity index is 0.00000518. The third-order valence-corrected chi connectivity index (χ3v) is 15.8. The standard InChI is InChI=1S/C58H71FN10O15S.4K/c1-66(2)35-14-15-36-45(25-35)84-46-27-42(67(3)4)38(59)26-37(46)54(36)33-12-16-41(68(28-50(71)72)29-51(73)74)47(24-33)83-22-21-82-44-17-13-34(23-43(44)69(30-52(75)76)31-53(77)78)56(79)62-19-20-63-57(80)39(60)9-7-8-18-61-49(70)11-6-5-10-48-55-40(32-85-48)64-58(81)65-55;;;;/h12-17,23-27,39-40,48,55H,5-11,18-22,28-32,60H2,1-4H3,(H8-,61,62,63,64,65,70,71,72,73,74,75,76,77,78,79,80,81);;;;/q;4*+1/p+2. The van der Waals surface area contributed by atoms with E-state index in [0.717, 1.165) is 40.5 Å². The summed E-state index contributed by atoms with van der Waals surface area (Å²) in [5.74, 6) is -5.82. The molecule has 0 bridgehead atoms. The number of hydrogen-bond donors (Lipinski definition) is 10. The normalized spacial score (nSPS) is 14.8. The number of aliphatic carboxylic acids is 4. The van der Waals surface area contributed by atoms with E-state index in [1.807, 2.05) is 49.0 Å². The molecule has 89 heavy (non-hydrogen) atoms. The van der Waals surface area contributed by atoms with Gasteiger partial charge in [0, 0.05) is 91.4 Å². The number of hydrogen-bond acceptors (Lipinski definition) is 15. The number of urea groups is 1. The minimum absolute atomic E-state index is 0. The molecule has 3 aromatic rings. The Bertz CT molecular complexity index is 3330. The number of rotatable bonds is 32. The van der Waals surface area contributed by atoms with Gasteiger partial charge < -0.3 is 81.3 Å². The van der Waals surface area contributed by atoms with Gasteiger partial charge in [0.1, 0.15) is 76.3 Å². The molecule has 4 atom stereocenters. The molecule has 456 valence electrons. The number of fused-ring (bicyclic) bond motifs is 3. The monoisotopic (exact) mass is 1360 g/mol. The van der Waals surface area contributed by atoms with E-state index in [1.54, 1.807) is 36.9 Å². The maximum Gasteiger partial charge on any atom is 1.00 e. The minimum Gasteiger partial charge on any atom is -0.488 e. The molecule has 3 aromatic carbocycles. The quantitative estimate of drug-likeness (QED) is 0.00628. The topological polar surface area (TPSA) is 350 Å². The van der Waals surface area contributed by atoms with Crippen molar-refractivity contribution in [1.82, 2.24) is 31.2 Å². The van der Waals surface area contributed by atoms with Crippen LogP contribution in [0.25, 0.3) is 33.4 Å². The van der Waals surface area contributed by atoms with Gasteiger partial charge in [-0.15, -0.1) is 0 Å². The predicted octanol–water partition coefficient (Wildman–Crippen LogP) is -9.66. The first-order chi connectivity index (χ1) is 40.6. The zero-order valence-corrected chi connectivity index (χ0v) is 65.1. The van der Waals surface area contributed by atoms with Gasteiger partial charge in [0.2, 0.25) is 11.3 Å². The SMILES string of the molecule is CN(C)c1ccc2c(-c3ccc(N(CC(=O)O)CC(=O)O)c(OCCOc4ccc(C(=O)NCCNC(=O)C([NH3+])CCCCNC(=O)CCCCC5SCC6NC(=O)NC65)cc4N(CC(=O)O)CC(=O)O)c3)c3cc(F)c(=[N+](C)C)cc-3oc2c1.[K+].[K+].[K+].[K+]. The predicted molar refractivity (Wildman–Crippen MR) is 315 cm³/mol. The third-order valence-electron chi connectivity index (χ3n) is 14.3. The van der Waals surface area contributed by atoms with E-state index >= 15 is 4.39 Å². The van der Waals surface area contributed by atoms with E-state index < -0.39 is 67.8 Å². The fourth-order valence-electron chi connectivity index (χ4n) is 10.1. The van der Waals surface area contributed by atoms with Crippen LogP contribution in [-0.2, 0) is 28.8 Å². The first kappa shape index (κ1) is 80.9. The molecule has 1 aliphatic carbocycles. The number of nitrogens with zero attached hydrogens (tertiary/aromatic N) is 4. The third kappa shape index (κ3) is 23.8. The van der Waals surface area contributed by atoms with E-state index in [0.29, 0.717) is 70.9 Å². The Labute approximate surface area is 688 Å². The molecule has 5 amide bonds. The smallest absolute Gasteiger partial charge is 0.488 e. The number of halogens is 1. The van der Waals surface area contributed by atoms with Gasteiger partial charge in [0.25, 0.3) is 11.8 Å². The second kappa shape index (κ2) is 39.5. The molecule has 2 saturated heterocycles. The molecule has 0 aromatic heterocycles. The largest absolute Gasteiger partial charge is 1.00 e. The molecule has 3 heterocycles. The summed E-state index contributed by atoms with van der Waals surface area (Å²) in [6, 6.07) is 16.7. The molecular weight excluding hydrogens is 1280 g/mol. The summed E-state index contributed by atoms with van der Waals surface area (Å²) in [5.41, 5.74) is 6.56. The van der Waals surface area contributed by atoms with E-state index in [-0.39, 0.29) is 296 Å². The van der Waals surface area contributed by atoms with Crippen molar-refractivity contribution in [3.05, 3.63) is 83.5 Å². The van der Waals surface area contributed by atoms with Crippen LogP contribution in [0, 0.1) is 5.82 Å². The van der Waals surface area contributed by atoms with E-state index in [2.05, 4.69) is 32.3 Å². The minimum atomic E-state index is -1.39. The summed E-state index contributed by atoms with van der Waals surface area (Å²) in [6.07, 6.45) is 4.71. The Morgan fingerprint density at radius 3 is 2.02 bits per heavy atom. The number of carboxylic acids is 4. The fourth-order valence-corrected chi connectivity index (χ4v) is 11.7. The van der Waals surface area contributed by atoms with Gasteiger partial charge in [0.05, 0.1) is 29.5 Å². The summed E-state index contributed by atoms with van der Waals surface area (Å²) in [4.78, 5) is 103. The van der Waals surface area contributed by atoms with Crippen LogP contribution in [0.4, 0.5) is 26.2 Å². The van der Waals surface area contributed by atoms with Crippen molar-refractivity contribution < 1.29 is 288 Å². The first-order valence-corrected chi connectivity index (χ1v) is 28.7. The number of carbonyl (C=O) groups excluding carboxylic acids is 4. The van der Waals surface area contributed by atoms with Gasteiger partial charge in [-0.1, -0.05) is 12.5 Å². The van der Waals surface area contributed by atoms with Gasteiger partial charge in [-0.05, 0) is 79.8 Å². The van der Waals surface area contributed by atoms with Crippen molar-refractivity contribution in [2.75, 3.05) is 108 Å². The van der Waals surface area contributed by atoms with Crippen molar-refractivity contribution in [3.63, 3.8) is 0 Å². The molecule has 31 heteroatoms. The molecule has 4 aliphatic rings. The summed E-state index contributed by atoms with van der Waals surface area (Å²) in [5, 5.41) is 54.8. The molecule has 2 fully saturated rings. The summed E-state index contributed by atoms with van der Waals surface area (Å²) in [6.45, 7) is -3.26. The van der Waals surface area contributed by atoms with Crippen LogP contribution in [-0.4, -0.2) is 184 Å². The molecule has 0 saturated carbocycles. The Hall–Kier alpha value is -2.30. The number of ether oxygens (including phenoxy) is 2. The molecule has 7 rings (SSSR count). The maximum absolute atomic E-state index is 15.8. The molecule has 12 N–H and O–H groups in total. The number of anilines is 3. The van der Waals surface area contributed by atoms with Gasteiger partial charge in [-0.2, -0.15) is 16.2 Å². The summed E-state index contributed by atoms with van der Waals surface area (Å²) in [7, 11) is 7.11. The van der Waals surface area contributed by atoms with Gasteiger partial charge in [-0.25, -0.2) is 9.37 Å². The Kier molecular flexibility index (Phi) is 35.9. The summed E-state index contributed by atoms with van der Waals surface area (Å²) >= 11 is 1.84. The number of amides is 5. The van der Waals surface area contributed by atoms with E-state index in [1.165, 1.54) is 30.3 Å². The fraction of sp³-hybridized carbons (Fsp3) is 0.431. The number of nitrogens with one attached hydrogen (secondary N) is 5. The molecule has 0 spiro atoms. The average Bonchev–Trinajstić information content (AvgIpc) is 1.93. The van der Waals surface area contributed by atoms with Crippen LogP contribution in [0.5, 0.6) is 11.5 Å². The molecule has 3 aliphatic heterocycles. The van der Waals surface area contributed by atoms with Crippen LogP contribution in [0.1, 0.15) is 55.3 Å². The number of quaternary nitrogens is 1. The number of carbonyl (C=O) groups is 8. The Morgan fingerprint density at radius 2 is 1.38 bits per heavy atom. The van der Waals surface area contributed by atoms with E-state index in [4.69, 9.17) is 13.9 Å². The zero-order valence-electron chi connectivity index (χ0n) is 51.7. The van der Waals surface area contributed by atoms with Crippen molar-refractivity contribution in [1.29, 1.82) is 0 Å². The first-order valence-electron chi connectivity index (χ1n) is 27.7. The van der Waals surface area contributed by atoms with Crippen molar-refractivity contribution in [2.45, 2.75) is 68.3 Å². The van der Waals surface area contributed by atoms with E-state index in [9.17, 15) is 58.8 Å². The molecule has 4 unspecified atom stereocenters. The number of carboxylic acid groups (broad SMARTS) is 4. The van der Waals surface area contributed by atoms with Crippen LogP contribution >= 0.6 is 11.8 Å². The van der Waals surface area contributed by atoms with Crippen molar-refractivity contribution >= 4 is 87.4 Å². The van der Waals surface area contributed by atoms with Crippen LogP contribution in [0.2, 0.25) is 0 Å². The van der Waals surface area contributed by atoms with Crippen LogP contribution in [0.15, 0.2) is 71.1 Å². The molecule has 25 nitrogen and oxygen atoms in total. The molecular formula is C58H73FK4N10O15S+6. The maximum atomic E-state index is 15.8. The molecule has 0 radical (unpaired) electrons. The van der Waals surface area contributed by atoms with Crippen molar-refractivity contribution in [3.8, 4) is 33.9 Å². The average molecular weight is 1360 g/mol. The van der Waals surface area contributed by atoms with Gasteiger partial charge in [0.15, 0.2) is 11.9 Å². The van der Waals surface area contributed by atoms with Gasteiger partial charge >= 0.3 is 235 Å². The second-order valence-corrected chi connectivity index (χ2v) is 22.3. The number of benzene rings is 4. The second-order valence-electron chi connectivity index (χ2n) is 21.1. The Morgan fingerprint density at radius 1 is 0.742 bits per heavy atom. The zero-order chi connectivity index (χ0) is 61.5.